The normalized spacial score (nSPS) is 10.8. The number of nitrogens with zero attached hydrogens (tertiary/aromatic N) is 5. The second-order valence-corrected chi connectivity index (χ2v) is 4.19. The monoisotopic (exact) mass is 246 g/mol. The minimum Gasteiger partial charge on any atom is -0.352 e. The number of hydrogen-bond acceptors (Lipinski definition) is 5. The first-order valence-electron chi connectivity index (χ1n) is 5.71. The standard InChI is InChI=1S/C11H14N6O/c1-8(2)16(7-3-6-12)10-5-4-9-13-14-11(18)17(9)15-10/h4-5,8H,3,7H2,1-2H3,(H,14,18). The molecule has 0 atom stereocenters. The van der Waals surface area contributed by atoms with Crippen molar-refractivity contribution >= 4 is 11.5 Å². The molecule has 0 amide bonds. The van der Waals surface area contributed by atoms with Gasteiger partial charge in [-0.2, -0.15) is 14.9 Å². The van der Waals surface area contributed by atoms with Crippen molar-refractivity contribution in [2.75, 3.05) is 11.4 Å². The van der Waals surface area contributed by atoms with Crippen LogP contribution in [0.2, 0.25) is 0 Å². The molecule has 0 radical (unpaired) electrons. The maximum atomic E-state index is 11.4. The van der Waals surface area contributed by atoms with Crippen molar-refractivity contribution in [1.82, 2.24) is 19.8 Å². The molecule has 18 heavy (non-hydrogen) atoms. The van der Waals surface area contributed by atoms with E-state index in [0.717, 1.165) is 0 Å². The van der Waals surface area contributed by atoms with Crippen LogP contribution in [0.15, 0.2) is 16.9 Å². The van der Waals surface area contributed by atoms with Crippen LogP contribution >= 0.6 is 0 Å². The highest BCUT2D eigenvalue weighted by Gasteiger charge is 2.13. The van der Waals surface area contributed by atoms with Crippen molar-refractivity contribution < 1.29 is 0 Å². The Bertz CT molecular complexity index is 635. The second kappa shape index (κ2) is 4.87. The average molecular weight is 246 g/mol. The van der Waals surface area contributed by atoms with Crippen LogP contribution < -0.4 is 10.6 Å². The summed E-state index contributed by atoms with van der Waals surface area (Å²) in [7, 11) is 0. The lowest BCUT2D eigenvalue weighted by Gasteiger charge is -2.26. The van der Waals surface area contributed by atoms with Gasteiger partial charge in [-0.05, 0) is 26.0 Å². The lowest BCUT2D eigenvalue weighted by Crippen LogP contribution is -2.33. The molecule has 2 aromatic rings. The Morgan fingerprint density at radius 3 is 3.00 bits per heavy atom. The van der Waals surface area contributed by atoms with Crippen LogP contribution in [0, 0.1) is 11.3 Å². The van der Waals surface area contributed by atoms with Crippen molar-refractivity contribution in [2.24, 2.45) is 0 Å². The van der Waals surface area contributed by atoms with Crippen LogP contribution in [-0.4, -0.2) is 32.4 Å². The average Bonchev–Trinajstić information content (AvgIpc) is 2.71. The summed E-state index contributed by atoms with van der Waals surface area (Å²) in [5.41, 5.74) is 0.114. The Labute approximate surface area is 104 Å². The van der Waals surface area contributed by atoms with Gasteiger partial charge in [-0.1, -0.05) is 0 Å². The summed E-state index contributed by atoms with van der Waals surface area (Å²) in [6.45, 7) is 4.61. The molecule has 0 aliphatic carbocycles. The Hall–Kier alpha value is -2.36. The van der Waals surface area contributed by atoms with Gasteiger partial charge in [0.1, 0.15) is 5.82 Å². The molecular formula is C11H14N6O. The smallest absolute Gasteiger partial charge is 0.352 e. The highest BCUT2D eigenvalue weighted by molar-refractivity contribution is 5.45. The van der Waals surface area contributed by atoms with E-state index in [1.807, 2.05) is 18.7 Å². The van der Waals surface area contributed by atoms with E-state index in [1.54, 1.807) is 12.1 Å². The van der Waals surface area contributed by atoms with Gasteiger partial charge in [0.05, 0.1) is 12.5 Å². The highest BCUT2D eigenvalue weighted by Crippen LogP contribution is 2.14. The third kappa shape index (κ3) is 2.18. The molecule has 7 heteroatoms. The number of anilines is 1. The van der Waals surface area contributed by atoms with Gasteiger partial charge in [0.25, 0.3) is 0 Å². The quantitative estimate of drug-likeness (QED) is 0.850. The predicted molar refractivity (Wildman–Crippen MR) is 66.3 cm³/mol. The van der Waals surface area contributed by atoms with Gasteiger partial charge in [0.15, 0.2) is 5.65 Å². The third-order valence-electron chi connectivity index (χ3n) is 2.64. The summed E-state index contributed by atoms with van der Waals surface area (Å²) in [6.07, 6.45) is 0.415. The lowest BCUT2D eigenvalue weighted by molar-refractivity contribution is 0.665. The minimum absolute atomic E-state index is 0.200. The first-order chi connectivity index (χ1) is 8.63. The van der Waals surface area contributed by atoms with Gasteiger partial charge in [-0.15, -0.1) is 5.10 Å². The number of nitriles is 1. The maximum Gasteiger partial charge on any atom is 0.364 e. The molecule has 2 rings (SSSR count). The van der Waals surface area contributed by atoms with Crippen molar-refractivity contribution in [2.45, 2.75) is 26.3 Å². The van der Waals surface area contributed by atoms with E-state index in [4.69, 9.17) is 5.26 Å². The molecule has 2 heterocycles. The van der Waals surface area contributed by atoms with Gasteiger partial charge in [-0.25, -0.2) is 9.89 Å². The number of aromatic nitrogens is 4. The molecule has 0 bridgehead atoms. The van der Waals surface area contributed by atoms with E-state index >= 15 is 0 Å². The van der Waals surface area contributed by atoms with Crippen LogP contribution in [0.5, 0.6) is 0 Å². The summed E-state index contributed by atoms with van der Waals surface area (Å²) in [4.78, 5) is 13.4. The van der Waals surface area contributed by atoms with Crippen molar-refractivity contribution in [3.63, 3.8) is 0 Å². The van der Waals surface area contributed by atoms with Crippen LogP contribution in [0.1, 0.15) is 20.3 Å². The van der Waals surface area contributed by atoms with Gasteiger partial charge in [0, 0.05) is 12.6 Å². The molecule has 0 unspecified atom stereocenters. The topological polar surface area (TPSA) is 90.1 Å². The summed E-state index contributed by atoms with van der Waals surface area (Å²) in [5, 5.41) is 19.1. The summed E-state index contributed by atoms with van der Waals surface area (Å²) in [6, 6.07) is 5.83. The van der Waals surface area contributed by atoms with Gasteiger partial charge in [0.2, 0.25) is 0 Å². The number of fused-ring (bicyclic) bond motifs is 1. The Morgan fingerprint density at radius 2 is 2.33 bits per heavy atom. The lowest BCUT2D eigenvalue weighted by atomic mass is 10.3. The van der Waals surface area contributed by atoms with Crippen molar-refractivity contribution in [3.8, 4) is 6.07 Å². The van der Waals surface area contributed by atoms with Crippen molar-refractivity contribution in [1.29, 1.82) is 5.26 Å². The summed E-state index contributed by atoms with van der Waals surface area (Å²) in [5.74, 6) is 0.663. The molecule has 0 aliphatic heterocycles. The number of nitrogens with one attached hydrogen (secondary N) is 1. The number of hydrogen-bond donors (Lipinski definition) is 1. The number of rotatable bonds is 4. The largest absolute Gasteiger partial charge is 0.364 e. The van der Waals surface area contributed by atoms with E-state index in [-0.39, 0.29) is 11.7 Å². The van der Waals surface area contributed by atoms with Crippen LogP contribution in [0.25, 0.3) is 5.65 Å². The van der Waals surface area contributed by atoms with Crippen LogP contribution in [-0.2, 0) is 0 Å². The fourth-order valence-corrected chi connectivity index (χ4v) is 1.75. The SMILES string of the molecule is CC(C)N(CCC#N)c1ccc2n[nH]c(=O)n2n1. The van der Waals surface area contributed by atoms with E-state index < -0.39 is 0 Å². The minimum atomic E-state index is -0.365. The number of H-pyrrole nitrogens is 1. The van der Waals surface area contributed by atoms with Gasteiger partial charge < -0.3 is 4.90 Å². The van der Waals surface area contributed by atoms with Crippen LogP contribution in [0.3, 0.4) is 0 Å². The first kappa shape index (κ1) is 12.1. The molecular weight excluding hydrogens is 232 g/mol. The van der Waals surface area contributed by atoms with E-state index in [9.17, 15) is 4.79 Å². The zero-order valence-corrected chi connectivity index (χ0v) is 10.3. The van der Waals surface area contributed by atoms with E-state index in [0.29, 0.717) is 24.4 Å². The Kier molecular flexibility index (Phi) is 3.28. The molecule has 7 nitrogen and oxygen atoms in total. The fourth-order valence-electron chi connectivity index (χ4n) is 1.75. The molecule has 1 N–H and O–H groups in total. The molecule has 2 aromatic heterocycles. The summed E-state index contributed by atoms with van der Waals surface area (Å²) < 4.78 is 1.22. The molecule has 0 saturated heterocycles. The zero-order chi connectivity index (χ0) is 13.1. The third-order valence-corrected chi connectivity index (χ3v) is 2.64. The first-order valence-corrected chi connectivity index (χ1v) is 5.71. The zero-order valence-electron chi connectivity index (χ0n) is 10.3. The number of aromatic amines is 1. The molecule has 0 aromatic carbocycles. The predicted octanol–water partition coefficient (Wildman–Crippen LogP) is 0.546. The van der Waals surface area contributed by atoms with Gasteiger partial charge >= 0.3 is 5.69 Å². The molecule has 94 valence electrons. The van der Waals surface area contributed by atoms with E-state index in [2.05, 4.69) is 21.4 Å². The van der Waals surface area contributed by atoms with E-state index in [1.165, 1.54) is 4.52 Å². The van der Waals surface area contributed by atoms with Crippen molar-refractivity contribution in [3.05, 3.63) is 22.6 Å². The second-order valence-electron chi connectivity index (χ2n) is 4.19. The fraction of sp³-hybridized carbons (Fsp3) is 0.455. The molecule has 0 saturated carbocycles. The molecule has 0 spiro atoms. The molecule has 0 aliphatic rings. The highest BCUT2D eigenvalue weighted by atomic mass is 16.2. The Morgan fingerprint density at radius 1 is 1.56 bits per heavy atom. The Balaban J connectivity index is 2.41. The summed E-state index contributed by atoms with van der Waals surface area (Å²) >= 11 is 0. The van der Waals surface area contributed by atoms with Crippen LogP contribution in [0.4, 0.5) is 5.82 Å². The maximum absolute atomic E-state index is 11.4. The molecule has 0 fully saturated rings. The van der Waals surface area contributed by atoms with Gasteiger partial charge in [-0.3, -0.25) is 0 Å².